The lowest BCUT2D eigenvalue weighted by Gasteiger charge is -2.32. The van der Waals surface area contributed by atoms with Crippen LogP contribution in [0.5, 0.6) is 5.75 Å². The molecule has 104 valence electrons. The van der Waals surface area contributed by atoms with Gasteiger partial charge in [-0.3, -0.25) is 0 Å². The van der Waals surface area contributed by atoms with E-state index in [0.29, 0.717) is 19.7 Å². The molecule has 5 nitrogen and oxygen atoms in total. The van der Waals surface area contributed by atoms with Crippen molar-refractivity contribution >= 4 is 6.09 Å². The van der Waals surface area contributed by atoms with Gasteiger partial charge in [0.05, 0.1) is 13.7 Å². The Morgan fingerprint density at radius 2 is 2.21 bits per heavy atom. The Kier molecular flexibility index (Phi) is 5.03. The van der Waals surface area contributed by atoms with Crippen molar-refractivity contribution in [3.8, 4) is 5.75 Å². The minimum Gasteiger partial charge on any atom is -0.494 e. The molecule has 1 heterocycles. The molecule has 1 atom stereocenters. The highest BCUT2D eigenvalue weighted by atomic mass is 16.5. The van der Waals surface area contributed by atoms with Crippen LogP contribution in [0.15, 0.2) is 30.3 Å². The van der Waals surface area contributed by atoms with Gasteiger partial charge in [-0.15, -0.1) is 0 Å². The summed E-state index contributed by atoms with van der Waals surface area (Å²) in [6.45, 7) is 2.80. The second-order valence-corrected chi connectivity index (χ2v) is 4.52. The number of hydrogen-bond donors (Lipinski definition) is 1. The number of amides is 1. The van der Waals surface area contributed by atoms with Gasteiger partial charge in [-0.25, -0.2) is 4.79 Å². The molecule has 0 aromatic heterocycles. The third kappa shape index (κ3) is 4.13. The number of ether oxygens (including phenoxy) is 2. The van der Waals surface area contributed by atoms with Crippen LogP contribution < -0.4 is 10.1 Å². The van der Waals surface area contributed by atoms with Gasteiger partial charge in [0.2, 0.25) is 0 Å². The molecule has 0 spiro atoms. The number of benzene rings is 1. The van der Waals surface area contributed by atoms with E-state index < -0.39 is 0 Å². The van der Waals surface area contributed by atoms with Gasteiger partial charge in [0.1, 0.15) is 5.75 Å². The van der Waals surface area contributed by atoms with Crippen molar-refractivity contribution in [2.45, 2.75) is 12.5 Å². The number of nitrogens with one attached hydrogen (secondary N) is 1. The van der Waals surface area contributed by atoms with Crippen molar-refractivity contribution in [1.29, 1.82) is 0 Å². The number of piperazine rings is 1. The first-order valence-electron chi connectivity index (χ1n) is 6.53. The maximum atomic E-state index is 11.5. The first-order valence-corrected chi connectivity index (χ1v) is 6.53. The largest absolute Gasteiger partial charge is 0.494 e. The van der Waals surface area contributed by atoms with Crippen LogP contribution in [-0.4, -0.2) is 50.4 Å². The molecule has 0 aliphatic carbocycles. The summed E-state index contributed by atoms with van der Waals surface area (Å²) < 4.78 is 10.4. The molecular formula is C14H20N2O3. The first kappa shape index (κ1) is 13.7. The molecule has 1 aliphatic heterocycles. The van der Waals surface area contributed by atoms with E-state index in [1.165, 1.54) is 7.11 Å². The fourth-order valence-electron chi connectivity index (χ4n) is 2.15. The maximum absolute atomic E-state index is 11.5. The number of carbonyl (C=O) groups excluding carboxylic acids is 1. The summed E-state index contributed by atoms with van der Waals surface area (Å²) in [5, 5.41) is 3.38. The molecule has 0 radical (unpaired) electrons. The Balaban J connectivity index is 1.72. The van der Waals surface area contributed by atoms with Gasteiger partial charge in [-0.05, 0) is 18.6 Å². The summed E-state index contributed by atoms with van der Waals surface area (Å²) in [4.78, 5) is 13.2. The summed E-state index contributed by atoms with van der Waals surface area (Å²) in [6.07, 6.45) is 0.609. The Bertz CT molecular complexity index is 397. The van der Waals surface area contributed by atoms with Crippen molar-refractivity contribution in [2.24, 2.45) is 0 Å². The van der Waals surface area contributed by atoms with Crippen molar-refractivity contribution in [2.75, 3.05) is 33.4 Å². The van der Waals surface area contributed by atoms with Crippen LogP contribution >= 0.6 is 0 Å². The number of hydrogen-bond acceptors (Lipinski definition) is 4. The normalized spacial score (nSPS) is 19.0. The number of rotatable bonds is 4. The molecule has 1 N–H and O–H groups in total. The Hall–Kier alpha value is -1.75. The second kappa shape index (κ2) is 6.99. The average Bonchev–Trinajstić information content (AvgIpc) is 2.48. The number of nitrogens with zero attached hydrogens (tertiary/aromatic N) is 1. The summed E-state index contributed by atoms with van der Waals surface area (Å²) in [5.41, 5.74) is 0. The van der Waals surface area contributed by atoms with E-state index in [2.05, 4.69) is 5.32 Å². The molecule has 1 amide bonds. The third-order valence-electron chi connectivity index (χ3n) is 3.17. The summed E-state index contributed by atoms with van der Waals surface area (Å²) in [6, 6.07) is 10.0. The van der Waals surface area contributed by atoms with Crippen molar-refractivity contribution in [3.63, 3.8) is 0 Å². The van der Waals surface area contributed by atoms with Crippen molar-refractivity contribution < 1.29 is 14.3 Å². The molecule has 2 rings (SSSR count). The van der Waals surface area contributed by atoms with Gasteiger partial charge < -0.3 is 19.7 Å². The van der Waals surface area contributed by atoms with Crippen LogP contribution in [-0.2, 0) is 4.74 Å². The van der Waals surface area contributed by atoms with E-state index in [1.54, 1.807) is 4.90 Å². The molecule has 1 aliphatic rings. The van der Waals surface area contributed by atoms with Crippen LogP contribution in [0.25, 0.3) is 0 Å². The highest BCUT2D eigenvalue weighted by molar-refractivity contribution is 5.67. The van der Waals surface area contributed by atoms with E-state index in [1.807, 2.05) is 30.3 Å². The first-order chi connectivity index (χ1) is 9.29. The molecule has 0 saturated carbocycles. The van der Waals surface area contributed by atoms with Gasteiger partial charge in [-0.2, -0.15) is 0 Å². The van der Waals surface area contributed by atoms with Gasteiger partial charge in [0.15, 0.2) is 0 Å². The van der Waals surface area contributed by atoms with Gasteiger partial charge in [0.25, 0.3) is 0 Å². The van der Waals surface area contributed by atoms with Crippen LogP contribution in [0.4, 0.5) is 4.79 Å². The number of para-hydroxylation sites is 1. The molecule has 1 fully saturated rings. The Morgan fingerprint density at radius 1 is 1.42 bits per heavy atom. The lowest BCUT2D eigenvalue weighted by atomic mass is 10.1. The second-order valence-electron chi connectivity index (χ2n) is 4.52. The third-order valence-corrected chi connectivity index (χ3v) is 3.17. The predicted molar refractivity (Wildman–Crippen MR) is 72.3 cm³/mol. The zero-order chi connectivity index (χ0) is 13.5. The molecule has 0 bridgehead atoms. The van der Waals surface area contributed by atoms with E-state index in [-0.39, 0.29) is 12.1 Å². The average molecular weight is 264 g/mol. The van der Waals surface area contributed by atoms with E-state index in [9.17, 15) is 4.79 Å². The van der Waals surface area contributed by atoms with Crippen LogP contribution in [0.2, 0.25) is 0 Å². The maximum Gasteiger partial charge on any atom is 0.409 e. The Labute approximate surface area is 113 Å². The quantitative estimate of drug-likeness (QED) is 0.895. The molecule has 0 unspecified atom stereocenters. The molecular weight excluding hydrogens is 244 g/mol. The van der Waals surface area contributed by atoms with E-state index in [4.69, 9.17) is 9.47 Å². The fourth-order valence-corrected chi connectivity index (χ4v) is 2.15. The minimum absolute atomic E-state index is 0.254. The zero-order valence-electron chi connectivity index (χ0n) is 11.2. The molecule has 5 heteroatoms. The summed E-state index contributed by atoms with van der Waals surface area (Å²) in [7, 11) is 1.41. The van der Waals surface area contributed by atoms with E-state index in [0.717, 1.165) is 18.7 Å². The zero-order valence-corrected chi connectivity index (χ0v) is 11.2. The smallest absolute Gasteiger partial charge is 0.409 e. The minimum atomic E-state index is -0.254. The topological polar surface area (TPSA) is 50.8 Å². The van der Waals surface area contributed by atoms with Crippen molar-refractivity contribution in [3.05, 3.63) is 30.3 Å². The molecule has 1 aromatic carbocycles. The summed E-state index contributed by atoms with van der Waals surface area (Å²) in [5.74, 6) is 0.878. The summed E-state index contributed by atoms with van der Waals surface area (Å²) >= 11 is 0. The highest BCUT2D eigenvalue weighted by Gasteiger charge is 2.23. The van der Waals surface area contributed by atoms with Gasteiger partial charge in [-0.1, -0.05) is 18.2 Å². The van der Waals surface area contributed by atoms with E-state index >= 15 is 0 Å². The van der Waals surface area contributed by atoms with Crippen LogP contribution in [0, 0.1) is 0 Å². The lowest BCUT2D eigenvalue weighted by Crippen LogP contribution is -2.52. The SMILES string of the molecule is COC(=O)N1CCN[C@@H](CCOc2ccccc2)C1. The molecule has 1 saturated heterocycles. The number of methoxy groups -OCH3 is 1. The van der Waals surface area contributed by atoms with Crippen LogP contribution in [0.1, 0.15) is 6.42 Å². The lowest BCUT2D eigenvalue weighted by molar-refractivity contribution is 0.106. The van der Waals surface area contributed by atoms with Crippen LogP contribution in [0.3, 0.4) is 0 Å². The fraction of sp³-hybridized carbons (Fsp3) is 0.500. The molecule has 1 aromatic rings. The number of carbonyl (C=O) groups is 1. The van der Waals surface area contributed by atoms with Gasteiger partial charge >= 0.3 is 6.09 Å². The highest BCUT2D eigenvalue weighted by Crippen LogP contribution is 2.10. The van der Waals surface area contributed by atoms with Crippen molar-refractivity contribution in [1.82, 2.24) is 10.2 Å². The Morgan fingerprint density at radius 3 is 2.95 bits per heavy atom. The predicted octanol–water partition coefficient (Wildman–Crippen LogP) is 1.50. The standard InChI is InChI=1S/C14H20N2O3/c1-18-14(17)16-9-8-15-12(11-16)7-10-19-13-5-3-2-4-6-13/h2-6,12,15H,7-11H2,1H3/t12-/m0/s1. The molecule has 19 heavy (non-hydrogen) atoms. The van der Waals surface area contributed by atoms with Gasteiger partial charge in [0, 0.05) is 25.7 Å². The monoisotopic (exact) mass is 264 g/mol.